The summed E-state index contributed by atoms with van der Waals surface area (Å²) in [6, 6.07) is 13.1. The quantitative estimate of drug-likeness (QED) is 0.845. The molecule has 0 aliphatic rings. The lowest BCUT2D eigenvalue weighted by molar-refractivity contribution is 0.559. The van der Waals surface area contributed by atoms with E-state index in [1.165, 1.54) is 5.56 Å². The topological polar surface area (TPSA) is 29.9 Å². The average molecular weight is 243 g/mol. The molecule has 1 N–H and O–H groups in total. The van der Waals surface area contributed by atoms with Gasteiger partial charge in [-0.1, -0.05) is 44.2 Å². The van der Waals surface area contributed by atoms with Crippen LogP contribution in [0.25, 0.3) is 0 Å². The van der Waals surface area contributed by atoms with E-state index in [9.17, 15) is 0 Å². The number of rotatable bonds is 6. The van der Waals surface area contributed by atoms with Crippen molar-refractivity contribution in [3.8, 4) is 0 Å². The minimum absolute atomic E-state index is 0.500. The summed E-state index contributed by atoms with van der Waals surface area (Å²) in [6.45, 7) is 6.07. The van der Waals surface area contributed by atoms with Gasteiger partial charge in [0.05, 0.1) is 5.69 Å². The summed E-state index contributed by atoms with van der Waals surface area (Å²) in [7, 11) is 0. The number of hydrogen-bond donors (Lipinski definition) is 1. The zero-order chi connectivity index (χ0) is 12.8. The van der Waals surface area contributed by atoms with E-state index in [2.05, 4.69) is 60.8 Å². The normalized spacial score (nSPS) is 11.1. The molecule has 0 aliphatic carbocycles. The predicted octanol–water partition coefficient (Wildman–Crippen LogP) is 2.62. The van der Waals surface area contributed by atoms with Gasteiger partial charge in [0, 0.05) is 25.3 Å². The van der Waals surface area contributed by atoms with Crippen molar-refractivity contribution in [3.63, 3.8) is 0 Å². The monoisotopic (exact) mass is 243 g/mol. The number of nitrogens with one attached hydrogen (secondary N) is 1. The Morgan fingerprint density at radius 3 is 2.67 bits per heavy atom. The Morgan fingerprint density at radius 2 is 1.94 bits per heavy atom. The minimum atomic E-state index is 0.500. The van der Waals surface area contributed by atoms with Gasteiger partial charge in [0.2, 0.25) is 0 Å². The lowest BCUT2D eigenvalue weighted by atomic mass is 10.2. The minimum Gasteiger partial charge on any atom is -0.309 e. The van der Waals surface area contributed by atoms with Crippen LogP contribution in [0.5, 0.6) is 0 Å². The highest BCUT2D eigenvalue weighted by molar-refractivity contribution is 5.14. The number of aryl methyl sites for hydroxylation is 2. The average Bonchev–Trinajstić information content (AvgIpc) is 2.83. The second kappa shape index (κ2) is 6.36. The number of aromatic nitrogens is 2. The van der Waals surface area contributed by atoms with Gasteiger partial charge in [0.1, 0.15) is 0 Å². The number of benzene rings is 1. The second-order valence-corrected chi connectivity index (χ2v) is 4.84. The van der Waals surface area contributed by atoms with Crippen LogP contribution in [0.1, 0.15) is 25.1 Å². The van der Waals surface area contributed by atoms with Crippen LogP contribution in [0.3, 0.4) is 0 Å². The summed E-state index contributed by atoms with van der Waals surface area (Å²) in [5.74, 6) is 0. The first-order chi connectivity index (χ1) is 8.74. The van der Waals surface area contributed by atoms with Gasteiger partial charge in [0.25, 0.3) is 0 Å². The van der Waals surface area contributed by atoms with Gasteiger partial charge in [-0.25, -0.2) is 0 Å². The molecule has 96 valence electrons. The van der Waals surface area contributed by atoms with Crippen LogP contribution in [-0.4, -0.2) is 15.8 Å². The molecule has 2 aromatic rings. The molecule has 1 heterocycles. The fourth-order valence-corrected chi connectivity index (χ4v) is 1.82. The lowest BCUT2D eigenvalue weighted by Gasteiger charge is -2.05. The molecule has 0 amide bonds. The molecule has 18 heavy (non-hydrogen) atoms. The van der Waals surface area contributed by atoms with Crippen LogP contribution in [0.15, 0.2) is 42.6 Å². The molecule has 1 aromatic heterocycles. The first-order valence-corrected chi connectivity index (χ1v) is 6.53. The number of nitrogens with zero attached hydrogens (tertiary/aromatic N) is 2. The fraction of sp³-hybridized carbons (Fsp3) is 0.400. The molecule has 0 saturated carbocycles. The van der Waals surface area contributed by atoms with Crippen molar-refractivity contribution in [2.45, 2.75) is 39.4 Å². The van der Waals surface area contributed by atoms with E-state index in [-0.39, 0.29) is 0 Å². The molecule has 3 heteroatoms. The van der Waals surface area contributed by atoms with Crippen molar-refractivity contribution >= 4 is 0 Å². The fourth-order valence-electron chi connectivity index (χ4n) is 1.82. The van der Waals surface area contributed by atoms with Crippen molar-refractivity contribution in [2.75, 3.05) is 0 Å². The Morgan fingerprint density at radius 1 is 1.17 bits per heavy atom. The van der Waals surface area contributed by atoms with Gasteiger partial charge < -0.3 is 5.32 Å². The molecule has 0 radical (unpaired) electrons. The van der Waals surface area contributed by atoms with Gasteiger partial charge in [-0.3, -0.25) is 4.68 Å². The highest BCUT2D eigenvalue weighted by Gasteiger charge is 2.00. The Bertz CT molecular complexity index is 460. The smallest absolute Gasteiger partial charge is 0.0762 e. The Balaban J connectivity index is 1.83. The summed E-state index contributed by atoms with van der Waals surface area (Å²) < 4.78 is 2.02. The lowest BCUT2D eigenvalue weighted by Crippen LogP contribution is -2.22. The highest BCUT2D eigenvalue weighted by atomic mass is 15.3. The first-order valence-electron chi connectivity index (χ1n) is 6.53. The molecule has 0 bridgehead atoms. The van der Waals surface area contributed by atoms with E-state index >= 15 is 0 Å². The maximum atomic E-state index is 4.55. The van der Waals surface area contributed by atoms with E-state index in [1.807, 2.05) is 10.7 Å². The molecular weight excluding hydrogens is 222 g/mol. The Hall–Kier alpha value is -1.61. The van der Waals surface area contributed by atoms with Crippen molar-refractivity contribution in [3.05, 3.63) is 53.9 Å². The molecule has 0 unspecified atom stereocenters. The van der Waals surface area contributed by atoms with Crippen LogP contribution < -0.4 is 5.32 Å². The van der Waals surface area contributed by atoms with Crippen LogP contribution in [0.2, 0.25) is 0 Å². The summed E-state index contributed by atoms with van der Waals surface area (Å²) >= 11 is 0. The molecule has 0 atom stereocenters. The molecule has 0 aliphatic heterocycles. The Labute approximate surface area is 109 Å². The van der Waals surface area contributed by atoms with Crippen LogP contribution in [0.4, 0.5) is 0 Å². The van der Waals surface area contributed by atoms with Gasteiger partial charge in [-0.2, -0.15) is 5.10 Å². The van der Waals surface area contributed by atoms with Gasteiger partial charge in [-0.05, 0) is 18.1 Å². The van der Waals surface area contributed by atoms with E-state index in [0.717, 1.165) is 25.2 Å². The van der Waals surface area contributed by atoms with Gasteiger partial charge >= 0.3 is 0 Å². The zero-order valence-corrected chi connectivity index (χ0v) is 11.1. The van der Waals surface area contributed by atoms with Crippen LogP contribution in [-0.2, 0) is 19.5 Å². The van der Waals surface area contributed by atoms with Gasteiger partial charge in [-0.15, -0.1) is 0 Å². The maximum Gasteiger partial charge on any atom is 0.0762 e. The second-order valence-electron chi connectivity index (χ2n) is 4.84. The molecular formula is C15H21N3. The van der Waals surface area contributed by atoms with E-state index in [0.29, 0.717) is 6.04 Å². The molecule has 0 fully saturated rings. The van der Waals surface area contributed by atoms with E-state index < -0.39 is 0 Å². The van der Waals surface area contributed by atoms with Crippen molar-refractivity contribution in [1.82, 2.24) is 15.1 Å². The van der Waals surface area contributed by atoms with Crippen molar-refractivity contribution in [2.24, 2.45) is 0 Å². The van der Waals surface area contributed by atoms with Crippen LogP contribution >= 0.6 is 0 Å². The third-order valence-corrected chi connectivity index (χ3v) is 2.86. The standard InChI is InChI=1S/C15H21N3/c1-13(2)16-12-15-9-11-18(17-15)10-8-14-6-4-3-5-7-14/h3-7,9,11,13,16H,8,10,12H2,1-2H3. The largest absolute Gasteiger partial charge is 0.309 e. The molecule has 0 spiro atoms. The van der Waals surface area contributed by atoms with E-state index in [4.69, 9.17) is 0 Å². The summed E-state index contributed by atoms with van der Waals surface area (Å²) in [5.41, 5.74) is 2.46. The van der Waals surface area contributed by atoms with Crippen molar-refractivity contribution in [1.29, 1.82) is 0 Å². The molecule has 0 saturated heterocycles. The number of hydrogen-bond acceptors (Lipinski definition) is 2. The maximum absolute atomic E-state index is 4.55. The van der Waals surface area contributed by atoms with Crippen LogP contribution in [0, 0.1) is 0 Å². The molecule has 2 rings (SSSR count). The summed E-state index contributed by atoms with van der Waals surface area (Å²) in [6.07, 6.45) is 3.08. The molecule has 3 nitrogen and oxygen atoms in total. The zero-order valence-electron chi connectivity index (χ0n) is 11.1. The van der Waals surface area contributed by atoms with Gasteiger partial charge in [0.15, 0.2) is 0 Å². The van der Waals surface area contributed by atoms with Crippen molar-refractivity contribution < 1.29 is 0 Å². The van der Waals surface area contributed by atoms with E-state index in [1.54, 1.807) is 0 Å². The predicted molar refractivity (Wildman–Crippen MR) is 74.3 cm³/mol. The first kappa shape index (κ1) is 12.8. The SMILES string of the molecule is CC(C)NCc1ccn(CCc2ccccc2)n1. The third kappa shape index (κ3) is 4.00. The molecule has 1 aromatic carbocycles. The summed E-state index contributed by atoms with van der Waals surface area (Å²) in [5, 5.41) is 7.92. The summed E-state index contributed by atoms with van der Waals surface area (Å²) in [4.78, 5) is 0. The Kier molecular flexibility index (Phi) is 4.53. The highest BCUT2D eigenvalue weighted by Crippen LogP contribution is 2.02. The third-order valence-electron chi connectivity index (χ3n) is 2.86.